The third-order valence-electron chi connectivity index (χ3n) is 3.29. The van der Waals surface area contributed by atoms with Crippen LogP contribution >= 0.6 is 0 Å². The van der Waals surface area contributed by atoms with E-state index in [2.05, 4.69) is 5.32 Å². The molecule has 21 heavy (non-hydrogen) atoms. The van der Waals surface area contributed by atoms with E-state index in [0.29, 0.717) is 32.6 Å². The van der Waals surface area contributed by atoms with Crippen LogP contribution < -0.4 is 14.8 Å². The Bertz CT molecular complexity index is 607. The van der Waals surface area contributed by atoms with Gasteiger partial charge in [-0.3, -0.25) is 4.79 Å². The first-order valence-corrected chi connectivity index (χ1v) is 6.99. The number of carbonyl (C=O) groups excluding carboxylic acids is 1. The molecule has 0 aliphatic carbocycles. The molecule has 1 N–H and O–H groups in total. The average molecular weight is 287 g/mol. The summed E-state index contributed by atoms with van der Waals surface area (Å²) in [4.78, 5) is 11.8. The molecule has 1 aliphatic rings. The molecular formula is C16H17NO4. The molecule has 110 valence electrons. The van der Waals surface area contributed by atoms with Crippen LogP contribution in [0.1, 0.15) is 17.7 Å². The topological polar surface area (TPSA) is 60.7 Å². The third kappa shape index (κ3) is 3.56. The molecule has 1 aliphatic heterocycles. The Morgan fingerprint density at radius 3 is 2.81 bits per heavy atom. The lowest BCUT2D eigenvalue weighted by molar-refractivity contribution is -0.121. The van der Waals surface area contributed by atoms with E-state index < -0.39 is 0 Å². The zero-order valence-corrected chi connectivity index (χ0v) is 11.6. The van der Waals surface area contributed by atoms with E-state index in [0.717, 1.165) is 22.8 Å². The lowest BCUT2D eigenvalue weighted by Crippen LogP contribution is -2.22. The van der Waals surface area contributed by atoms with Crippen molar-refractivity contribution in [3.8, 4) is 11.5 Å². The first kappa shape index (κ1) is 13.5. The molecule has 0 bridgehead atoms. The second-order valence-electron chi connectivity index (χ2n) is 4.83. The lowest BCUT2D eigenvalue weighted by atomic mass is 10.1. The van der Waals surface area contributed by atoms with Gasteiger partial charge in [-0.25, -0.2) is 0 Å². The Hall–Kier alpha value is -2.43. The molecule has 5 heteroatoms. The van der Waals surface area contributed by atoms with Crippen LogP contribution in [-0.2, 0) is 17.8 Å². The number of hydrogen-bond acceptors (Lipinski definition) is 4. The van der Waals surface area contributed by atoms with E-state index in [-0.39, 0.29) is 5.91 Å². The maximum Gasteiger partial charge on any atom is 0.220 e. The summed E-state index contributed by atoms with van der Waals surface area (Å²) in [5, 5.41) is 2.83. The number of rotatable bonds is 5. The van der Waals surface area contributed by atoms with Crippen LogP contribution in [0.4, 0.5) is 0 Å². The summed E-state index contributed by atoms with van der Waals surface area (Å²) < 4.78 is 16.2. The third-order valence-corrected chi connectivity index (χ3v) is 3.29. The molecular weight excluding hydrogens is 270 g/mol. The van der Waals surface area contributed by atoms with Gasteiger partial charge in [0.25, 0.3) is 0 Å². The molecule has 0 unspecified atom stereocenters. The van der Waals surface area contributed by atoms with E-state index in [9.17, 15) is 4.79 Å². The number of furan rings is 1. The van der Waals surface area contributed by atoms with Gasteiger partial charge in [-0.2, -0.15) is 0 Å². The van der Waals surface area contributed by atoms with Gasteiger partial charge in [0.05, 0.1) is 12.8 Å². The largest absolute Gasteiger partial charge is 0.486 e. The predicted molar refractivity (Wildman–Crippen MR) is 76.3 cm³/mol. The van der Waals surface area contributed by atoms with Gasteiger partial charge < -0.3 is 19.2 Å². The molecule has 0 radical (unpaired) electrons. The molecule has 1 amide bonds. The van der Waals surface area contributed by atoms with Crippen molar-refractivity contribution in [2.45, 2.75) is 19.4 Å². The average Bonchev–Trinajstić information content (AvgIpc) is 3.04. The monoisotopic (exact) mass is 287 g/mol. The van der Waals surface area contributed by atoms with E-state index in [1.807, 2.05) is 24.3 Å². The molecule has 1 aromatic heterocycles. The highest BCUT2D eigenvalue weighted by atomic mass is 16.6. The van der Waals surface area contributed by atoms with Crippen molar-refractivity contribution < 1.29 is 18.7 Å². The highest BCUT2D eigenvalue weighted by molar-refractivity contribution is 5.76. The summed E-state index contributed by atoms with van der Waals surface area (Å²) >= 11 is 0. The number of aryl methyl sites for hydroxylation is 1. The molecule has 0 atom stereocenters. The lowest BCUT2D eigenvalue weighted by Gasteiger charge is -2.18. The van der Waals surface area contributed by atoms with Gasteiger partial charge >= 0.3 is 0 Å². The van der Waals surface area contributed by atoms with Gasteiger partial charge in [-0.15, -0.1) is 0 Å². The second kappa shape index (κ2) is 6.35. The summed E-state index contributed by atoms with van der Waals surface area (Å²) in [7, 11) is 0. The molecule has 0 saturated carbocycles. The van der Waals surface area contributed by atoms with Crippen LogP contribution in [0.25, 0.3) is 0 Å². The molecule has 3 rings (SSSR count). The van der Waals surface area contributed by atoms with Crippen molar-refractivity contribution >= 4 is 5.91 Å². The highest BCUT2D eigenvalue weighted by Crippen LogP contribution is 2.30. The summed E-state index contributed by atoms with van der Waals surface area (Å²) in [6, 6.07) is 9.43. The van der Waals surface area contributed by atoms with Gasteiger partial charge in [0.15, 0.2) is 11.5 Å². The number of carbonyl (C=O) groups is 1. The quantitative estimate of drug-likeness (QED) is 0.916. The van der Waals surface area contributed by atoms with E-state index in [4.69, 9.17) is 13.9 Å². The van der Waals surface area contributed by atoms with Gasteiger partial charge in [-0.1, -0.05) is 6.07 Å². The fourth-order valence-electron chi connectivity index (χ4n) is 2.19. The summed E-state index contributed by atoms with van der Waals surface area (Å²) in [6.45, 7) is 1.58. The fraction of sp³-hybridized carbons (Fsp3) is 0.312. The second-order valence-corrected chi connectivity index (χ2v) is 4.83. The smallest absolute Gasteiger partial charge is 0.220 e. The summed E-state index contributed by atoms with van der Waals surface area (Å²) in [6.07, 6.45) is 2.69. The zero-order chi connectivity index (χ0) is 14.5. The van der Waals surface area contributed by atoms with E-state index in [1.165, 1.54) is 0 Å². The van der Waals surface area contributed by atoms with E-state index in [1.54, 1.807) is 12.3 Å². The Labute approximate surface area is 122 Å². The van der Waals surface area contributed by atoms with Crippen molar-refractivity contribution in [1.82, 2.24) is 5.32 Å². The van der Waals surface area contributed by atoms with Crippen molar-refractivity contribution in [3.63, 3.8) is 0 Å². The van der Waals surface area contributed by atoms with Crippen molar-refractivity contribution in [2.24, 2.45) is 0 Å². The molecule has 5 nitrogen and oxygen atoms in total. The number of fused-ring (bicyclic) bond motifs is 1. The van der Waals surface area contributed by atoms with Crippen LogP contribution in [0.3, 0.4) is 0 Å². The minimum Gasteiger partial charge on any atom is -0.486 e. The van der Waals surface area contributed by atoms with Crippen LogP contribution in [0, 0.1) is 0 Å². The molecule has 0 saturated heterocycles. The first-order chi connectivity index (χ1) is 10.3. The standard InChI is InChI=1S/C16H17NO4/c18-16(17-11-13-2-1-7-19-13)6-4-12-3-5-14-15(10-12)21-9-8-20-14/h1-3,5,7,10H,4,6,8-9,11H2,(H,17,18). The van der Waals surface area contributed by atoms with E-state index >= 15 is 0 Å². The molecule has 2 aromatic rings. The number of ether oxygens (including phenoxy) is 2. The van der Waals surface area contributed by atoms with Crippen molar-refractivity contribution in [1.29, 1.82) is 0 Å². The number of hydrogen-bond donors (Lipinski definition) is 1. The minimum absolute atomic E-state index is 0.00119. The molecule has 2 heterocycles. The van der Waals surface area contributed by atoms with Crippen molar-refractivity contribution in [3.05, 3.63) is 47.9 Å². The Kier molecular flexibility index (Phi) is 4.09. The Morgan fingerprint density at radius 2 is 2.00 bits per heavy atom. The maximum absolute atomic E-state index is 11.8. The zero-order valence-electron chi connectivity index (χ0n) is 11.6. The SMILES string of the molecule is O=C(CCc1ccc2c(c1)OCCO2)NCc1ccco1. The van der Waals surface area contributed by atoms with Crippen LogP contribution in [0.2, 0.25) is 0 Å². The number of amides is 1. The van der Waals surface area contributed by atoms with Gasteiger partial charge in [0, 0.05) is 6.42 Å². The maximum atomic E-state index is 11.8. The van der Waals surface area contributed by atoms with Crippen LogP contribution in [0.5, 0.6) is 11.5 Å². The molecule has 1 aromatic carbocycles. The Balaban J connectivity index is 1.49. The fourth-order valence-corrected chi connectivity index (χ4v) is 2.19. The van der Waals surface area contributed by atoms with Crippen molar-refractivity contribution in [2.75, 3.05) is 13.2 Å². The van der Waals surface area contributed by atoms with Gasteiger partial charge in [-0.05, 0) is 36.2 Å². The van der Waals surface area contributed by atoms with Gasteiger partial charge in [0.1, 0.15) is 19.0 Å². The number of nitrogens with one attached hydrogen (secondary N) is 1. The minimum atomic E-state index is 0.00119. The van der Waals surface area contributed by atoms with Gasteiger partial charge in [0.2, 0.25) is 5.91 Å². The van der Waals surface area contributed by atoms with Crippen LogP contribution in [0.15, 0.2) is 41.0 Å². The first-order valence-electron chi connectivity index (χ1n) is 6.99. The summed E-state index contributed by atoms with van der Waals surface area (Å²) in [5.74, 6) is 2.28. The Morgan fingerprint density at radius 1 is 1.14 bits per heavy atom. The van der Waals surface area contributed by atoms with Crippen LogP contribution in [-0.4, -0.2) is 19.1 Å². The normalized spacial score (nSPS) is 13.0. The molecule has 0 fully saturated rings. The number of benzene rings is 1. The predicted octanol–water partition coefficient (Wildman–Crippen LogP) is 2.30. The molecule has 0 spiro atoms. The summed E-state index contributed by atoms with van der Waals surface area (Å²) in [5.41, 5.74) is 1.06. The highest BCUT2D eigenvalue weighted by Gasteiger charge is 2.12.